The van der Waals surface area contributed by atoms with Crippen molar-refractivity contribution in [1.29, 1.82) is 0 Å². The fourth-order valence-corrected chi connectivity index (χ4v) is 4.81. The van der Waals surface area contributed by atoms with Crippen molar-refractivity contribution in [1.82, 2.24) is 24.9 Å². The minimum absolute atomic E-state index is 0.0445. The molecular formula is C16H21N5O2. The molecule has 0 spiro atoms. The average molecular weight is 315 g/mol. The number of aromatic nitrogens is 4. The Hall–Kier alpha value is -2.02. The van der Waals surface area contributed by atoms with E-state index in [1.54, 1.807) is 25.4 Å². The number of hydrogen-bond donors (Lipinski definition) is 0. The number of pyridine rings is 1. The summed E-state index contributed by atoms with van der Waals surface area (Å²) in [5.74, 6) is 0.541. The molecule has 2 fully saturated rings. The number of likely N-dealkylation sites (tertiary alicyclic amines) is 1. The minimum Gasteiger partial charge on any atom is -0.384 e. The monoisotopic (exact) mass is 315 g/mol. The predicted molar refractivity (Wildman–Crippen MR) is 82.9 cm³/mol. The average Bonchev–Trinajstić information content (AvgIpc) is 3.08. The van der Waals surface area contributed by atoms with Crippen molar-refractivity contribution >= 4 is 11.6 Å². The van der Waals surface area contributed by atoms with Gasteiger partial charge < -0.3 is 9.64 Å². The van der Waals surface area contributed by atoms with E-state index < -0.39 is 0 Å². The zero-order chi connectivity index (χ0) is 16.2. The summed E-state index contributed by atoms with van der Waals surface area (Å²) in [6, 6.07) is 3.56. The number of nitrogens with zero attached hydrogens (tertiary/aromatic N) is 5. The number of rotatable bonds is 3. The van der Waals surface area contributed by atoms with E-state index in [2.05, 4.69) is 29.4 Å². The molecule has 1 saturated heterocycles. The van der Waals surface area contributed by atoms with Crippen LogP contribution < -0.4 is 0 Å². The molecule has 3 heterocycles. The zero-order valence-electron chi connectivity index (χ0n) is 13.7. The molecule has 2 aliphatic rings. The molecule has 1 aliphatic heterocycles. The lowest BCUT2D eigenvalue weighted by atomic mass is 9.48. The number of methoxy groups -OCH3 is 1. The highest BCUT2D eigenvalue weighted by Crippen LogP contribution is 2.62. The van der Waals surface area contributed by atoms with Crippen molar-refractivity contribution in [3.05, 3.63) is 23.9 Å². The smallest absolute Gasteiger partial charge is 0.255 e. The number of fused-ring (bicyclic) bond motifs is 2. The van der Waals surface area contributed by atoms with E-state index in [4.69, 9.17) is 4.74 Å². The van der Waals surface area contributed by atoms with Crippen LogP contribution in [0, 0.1) is 16.7 Å². The molecule has 0 radical (unpaired) electrons. The molecule has 4 rings (SSSR count). The van der Waals surface area contributed by atoms with E-state index in [-0.39, 0.29) is 16.7 Å². The maximum absolute atomic E-state index is 12.9. The van der Waals surface area contributed by atoms with Gasteiger partial charge in [0, 0.05) is 31.8 Å². The predicted octanol–water partition coefficient (Wildman–Crippen LogP) is 1.26. The fourth-order valence-electron chi connectivity index (χ4n) is 4.81. The van der Waals surface area contributed by atoms with Gasteiger partial charge in [0.2, 0.25) is 0 Å². The summed E-state index contributed by atoms with van der Waals surface area (Å²) in [6.45, 7) is 6.85. The highest BCUT2D eigenvalue weighted by atomic mass is 16.5. The van der Waals surface area contributed by atoms with Crippen LogP contribution >= 0.6 is 0 Å². The van der Waals surface area contributed by atoms with Crippen molar-refractivity contribution in [2.45, 2.75) is 20.3 Å². The van der Waals surface area contributed by atoms with Crippen molar-refractivity contribution in [3.8, 4) is 0 Å². The van der Waals surface area contributed by atoms with Gasteiger partial charge in [-0.2, -0.15) is 4.52 Å². The standard InChI is InChI=1S/C16H21N5O2/c1-15(2)8-16(10-23-3)9-20(7-12(15)16)14(22)11-4-5-13-17-18-19-21(13)6-11/h4-6,12H,7-10H2,1-3H3/t12-,16-/m1/s1. The van der Waals surface area contributed by atoms with Gasteiger partial charge >= 0.3 is 0 Å². The van der Waals surface area contributed by atoms with E-state index >= 15 is 0 Å². The van der Waals surface area contributed by atoms with Crippen LogP contribution in [0.5, 0.6) is 0 Å². The third-order valence-electron chi connectivity index (χ3n) is 5.56. The summed E-state index contributed by atoms with van der Waals surface area (Å²) in [7, 11) is 1.74. The number of amides is 1. The third-order valence-corrected chi connectivity index (χ3v) is 5.56. The van der Waals surface area contributed by atoms with Crippen LogP contribution in [-0.4, -0.2) is 57.7 Å². The molecule has 1 amide bonds. The van der Waals surface area contributed by atoms with Gasteiger partial charge in [-0.05, 0) is 40.3 Å². The first-order valence-electron chi connectivity index (χ1n) is 7.91. The SMILES string of the molecule is COC[C@@]12CN(C(=O)c3ccc4nnnn4c3)C[C@@H]1C(C)(C)C2. The number of carbonyl (C=O) groups is 1. The summed E-state index contributed by atoms with van der Waals surface area (Å²) in [5, 5.41) is 11.3. The zero-order valence-corrected chi connectivity index (χ0v) is 13.7. The second-order valence-corrected chi connectivity index (χ2v) is 7.60. The van der Waals surface area contributed by atoms with Crippen molar-refractivity contribution in [2.24, 2.45) is 16.7 Å². The summed E-state index contributed by atoms with van der Waals surface area (Å²) in [4.78, 5) is 14.9. The number of carbonyl (C=O) groups excluding carboxylic acids is 1. The molecular weight excluding hydrogens is 294 g/mol. The summed E-state index contributed by atoms with van der Waals surface area (Å²) < 4.78 is 6.99. The molecule has 2 atom stereocenters. The lowest BCUT2D eigenvalue weighted by Gasteiger charge is -2.56. The lowest BCUT2D eigenvalue weighted by molar-refractivity contribution is -0.107. The summed E-state index contributed by atoms with van der Waals surface area (Å²) >= 11 is 0. The van der Waals surface area contributed by atoms with Crippen LogP contribution in [-0.2, 0) is 4.74 Å². The molecule has 2 aromatic heterocycles. The molecule has 2 aromatic rings. The molecule has 7 heteroatoms. The van der Waals surface area contributed by atoms with Gasteiger partial charge in [-0.25, -0.2) is 0 Å². The molecule has 1 aliphatic carbocycles. The Kier molecular flexibility index (Phi) is 3.00. The van der Waals surface area contributed by atoms with Gasteiger partial charge in [-0.3, -0.25) is 4.79 Å². The quantitative estimate of drug-likeness (QED) is 0.852. The second-order valence-electron chi connectivity index (χ2n) is 7.60. The summed E-state index contributed by atoms with van der Waals surface area (Å²) in [5.41, 5.74) is 1.65. The van der Waals surface area contributed by atoms with E-state index in [1.807, 2.05) is 4.90 Å². The van der Waals surface area contributed by atoms with Crippen molar-refractivity contribution in [2.75, 3.05) is 26.8 Å². The van der Waals surface area contributed by atoms with Crippen LogP contribution in [0.25, 0.3) is 5.65 Å². The maximum Gasteiger partial charge on any atom is 0.255 e. The van der Waals surface area contributed by atoms with Gasteiger partial charge in [0.25, 0.3) is 5.91 Å². The third kappa shape index (κ3) is 2.06. The van der Waals surface area contributed by atoms with Gasteiger partial charge in [0.1, 0.15) is 0 Å². The van der Waals surface area contributed by atoms with Crippen LogP contribution in [0.2, 0.25) is 0 Å². The first kappa shape index (κ1) is 14.6. The minimum atomic E-state index is 0.0445. The molecule has 0 N–H and O–H groups in total. The molecule has 0 unspecified atom stereocenters. The Morgan fingerprint density at radius 1 is 1.43 bits per heavy atom. The largest absolute Gasteiger partial charge is 0.384 e. The molecule has 0 bridgehead atoms. The Morgan fingerprint density at radius 3 is 3.00 bits per heavy atom. The summed E-state index contributed by atoms with van der Waals surface area (Å²) in [6.07, 6.45) is 2.81. The fraction of sp³-hybridized carbons (Fsp3) is 0.625. The van der Waals surface area contributed by atoms with Crippen LogP contribution in [0.3, 0.4) is 0 Å². The second kappa shape index (κ2) is 4.74. The highest BCUT2D eigenvalue weighted by molar-refractivity contribution is 5.94. The van der Waals surface area contributed by atoms with Crippen molar-refractivity contribution in [3.63, 3.8) is 0 Å². The molecule has 23 heavy (non-hydrogen) atoms. The Labute approximate surface area is 134 Å². The van der Waals surface area contributed by atoms with E-state index in [0.29, 0.717) is 17.1 Å². The molecule has 7 nitrogen and oxygen atoms in total. The normalized spacial score (nSPS) is 28.7. The highest BCUT2D eigenvalue weighted by Gasteiger charge is 2.63. The van der Waals surface area contributed by atoms with Crippen LogP contribution in [0.4, 0.5) is 0 Å². The Balaban J connectivity index is 1.60. The first-order chi connectivity index (χ1) is 11.0. The number of ether oxygens (including phenoxy) is 1. The van der Waals surface area contributed by atoms with Gasteiger partial charge in [-0.1, -0.05) is 13.8 Å². The van der Waals surface area contributed by atoms with E-state index in [1.165, 1.54) is 4.52 Å². The molecule has 1 saturated carbocycles. The molecule has 0 aromatic carbocycles. The van der Waals surface area contributed by atoms with Gasteiger partial charge in [0.05, 0.1) is 12.2 Å². The van der Waals surface area contributed by atoms with Crippen molar-refractivity contribution < 1.29 is 9.53 Å². The van der Waals surface area contributed by atoms with E-state index in [9.17, 15) is 4.79 Å². The van der Waals surface area contributed by atoms with Crippen LogP contribution in [0.1, 0.15) is 30.6 Å². The topological polar surface area (TPSA) is 72.6 Å². The first-order valence-corrected chi connectivity index (χ1v) is 7.91. The lowest BCUT2D eigenvalue weighted by Crippen LogP contribution is -2.55. The number of tetrazole rings is 1. The maximum atomic E-state index is 12.9. The number of hydrogen-bond acceptors (Lipinski definition) is 5. The molecule has 122 valence electrons. The Bertz CT molecular complexity index is 771. The van der Waals surface area contributed by atoms with Gasteiger partial charge in [0.15, 0.2) is 5.65 Å². The van der Waals surface area contributed by atoms with Gasteiger partial charge in [-0.15, -0.1) is 5.10 Å². The van der Waals surface area contributed by atoms with E-state index in [0.717, 1.165) is 26.1 Å². The Morgan fingerprint density at radius 2 is 2.26 bits per heavy atom. The van der Waals surface area contributed by atoms with Crippen LogP contribution in [0.15, 0.2) is 18.3 Å².